The Morgan fingerprint density at radius 1 is 1.47 bits per heavy atom. The summed E-state index contributed by atoms with van der Waals surface area (Å²) in [4.78, 5) is 11.8. The number of ketones is 1. The average molecular weight is 258 g/mol. The summed E-state index contributed by atoms with van der Waals surface area (Å²) in [7, 11) is 1.81. The van der Waals surface area contributed by atoms with Crippen molar-refractivity contribution >= 4 is 5.78 Å². The summed E-state index contributed by atoms with van der Waals surface area (Å²) in [5, 5.41) is 8.59. The third kappa shape index (κ3) is 2.99. The average Bonchev–Trinajstić information content (AvgIpc) is 2.83. The fourth-order valence-electron chi connectivity index (χ4n) is 1.58. The molecule has 0 N–H and O–H groups in total. The molecule has 0 bridgehead atoms. The van der Waals surface area contributed by atoms with Crippen molar-refractivity contribution in [2.75, 3.05) is 6.61 Å². The number of carbonyl (C=O) groups is 1. The molecule has 0 saturated heterocycles. The highest BCUT2D eigenvalue weighted by molar-refractivity contribution is 5.97. The third-order valence-electron chi connectivity index (χ3n) is 2.58. The van der Waals surface area contributed by atoms with Crippen molar-refractivity contribution in [3.05, 3.63) is 53.6 Å². The van der Waals surface area contributed by atoms with Crippen LogP contribution in [0.1, 0.15) is 15.9 Å². The monoisotopic (exact) mass is 258 g/mol. The lowest BCUT2D eigenvalue weighted by molar-refractivity contribution is 0.0921. The topological polar surface area (TPSA) is 55.0 Å². The van der Waals surface area contributed by atoms with Crippen LogP contribution in [0.15, 0.2) is 36.7 Å². The molecule has 0 saturated carbocycles. The van der Waals surface area contributed by atoms with Crippen molar-refractivity contribution in [2.24, 2.45) is 7.05 Å². The summed E-state index contributed by atoms with van der Waals surface area (Å²) in [6, 6.07) is 7.27. The number of Topliss-reactive ketones (excluding diaryl/α,β-unsaturated/α-hetero) is 1. The van der Waals surface area contributed by atoms with E-state index < -0.39 is 5.82 Å². The lowest BCUT2D eigenvalue weighted by atomic mass is 10.2. The standard InChI is InChI=1S/C14H11FN2O2/c1-17-5-4-11(8-17)14(18)9-19-12-3-2-10(7-16)13(15)6-12/h2-6,8H,9H2,1H3. The van der Waals surface area contributed by atoms with Crippen molar-refractivity contribution in [2.45, 2.75) is 0 Å². The molecule has 1 heterocycles. The second kappa shape index (κ2) is 5.36. The van der Waals surface area contributed by atoms with E-state index in [1.54, 1.807) is 29.1 Å². The van der Waals surface area contributed by atoms with Crippen molar-refractivity contribution < 1.29 is 13.9 Å². The minimum Gasteiger partial charge on any atom is -0.485 e. The lowest BCUT2D eigenvalue weighted by Crippen LogP contribution is -2.11. The zero-order valence-corrected chi connectivity index (χ0v) is 10.3. The van der Waals surface area contributed by atoms with Crippen molar-refractivity contribution in [1.82, 2.24) is 4.57 Å². The minimum atomic E-state index is -0.660. The van der Waals surface area contributed by atoms with Gasteiger partial charge in [-0.05, 0) is 18.2 Å². The van der Waals surface area contributed by atoms with E-state index in [9.17, 15) is 9.18 Å². The molecule has 2 rings (SSSR count). The molecule has 0 radical (unpaired) electrons. The summed E-state index contributed by atoms with van der Waals surface area (Å²) in [5.41, 5.74) is 0.485. The van der Waals surface area contributed by atoms with Crippen LogP contribution in [0.25, 0.3) is 0 Å². The van der Waals surface area contributed by atoms with Crippen LogP contribution in [0.5, 0.6) is 5.75 Å². The molecule has 0 aliphatic carbocycles. The summed E-state index contributed by atoms with van der Waals surface area (Å²) < 4.78 is 20.3. The maximum absolute atomic E-state index is 13.3. The van der Waals surface area contributed by atoms with Gasteiger partial charge in [-0.2, -0.15) is 5.26 Å². The number of ether oxygens (including phenoxy) is 1. The molecule has 19 heavy (non-hydrogen) atoms. The molecule has 1 aromatic heterocycles. The number of halogens is 1. The Kier molecular flexibility index (Phi) is 3.62. The molecular weight excluding hydrogens is 247 g/mol. The number of nitrogens with zero attached hydrogens (tertiary/aromatic N) is 2. The molecule has 2 aromatic rings. The molecule has 0 aliphatic rings. The number of benzene rings is 1. The molecule has 0 atom stereocenters. The molecule has 0 fully saturated rings. The first-order chi connectivity index (χ1) is 9.10. The maximum Gasteiger partial charge on any atom is 0.201 e. The highest BCUT2D eigenvalue weighted by atomic mass is 19.1. The van der Waals surface area contributed by atoms with Gasteiger partial charge in [-0.1, -0.05) is 0 Å². The summed E-state index contributed by atoms with van der Waals surface area (Å²) in [6.07, 6.45) is 3.44. The molecule has 0 aliphatic heterocycles. The summed E-state index contributed by atoms with van der Waals surface area (Å²) in [6.45, 7) is -0.171. The molecule has 0 amide bonds. The molecule has 1 aromatic carbocycles. The van der Waals surface area contributed by atoms with E-state index in [1.807, 2.05) is 7.05 Å². The van der Waals surface area contributed by atoms with E-state index >= 15 is 0 Å². The van der Waals surface area contributed by atoms with E-state index in [-0.39, 0.29) is 23.7 Å². The number of aryl methyl sites for hydroxylation is 1. The molecule has 0 unspecified atom stereocenters. The second-order valence-electron chi connectivity index (χ2n) is 4.03. The van der Waals surface area contributed by atoms with Crippen LogP contribution in [0.2, 0.25) is 0 Å². The van der Waals surface area contributed by atoms with E-state index in [1.165, 1.54) is 12.1 Å². The Labute approximate surface area is 109 Å². The van der Waals surface area contributed by atoms with Gasteiger partial charge in [0.2, 0.25) is 5.78 Å². The van der Waals surface area contributed by atoms with E-state index in [0.29, 0.717) is 5.56 Å². The number of hydrogen-bond donors (Lipinski definition) is 0. The Hall–Kier alpha value is -2.61. The van der Waals surface area contributed by atoms with Gasteiger partial charge in [0, 0.05) is 31.1 Å². The van der Waals surface area contributed by atoms with Crippen LogP contribution >= 0.6 is 0 Å². The van der Waals surface area contributed by atoms with Crippen LogP contribution in [0.4, 0.5) is 4.39 Å². The van der Waals surface area contributed by atoms with E-state index in [0.717, 1.165) is 6.07 Å². The van der Waals surface area contributed by atoms with Gasteiger partial charge in [-0.25, -0.2) is 4.39 Å². The minimum absolute atomic E-state index is 0.0539. The second-order valence-corrected chi connectivity index (χ2v) is 4.03. The molecule has 4 nitrogen and oxygen atoms in total. The van der Waals surface area contributed by atoms with Crippen molar-refractivity contribution in [1.29, 1.82) is 5.26 Å². The summed E-state index contributed by atoms with van der Waals surface area (Å²) in [5.74, 6) is -0.627. The number of aromatic nitrogens is 1. The number of carbonyl (C=O) groups excluding carboxylic acids is 1. The molecular formula is C14H11FN2O2. The predicted molar refractivity (Wildman–Crippen MR) is 66.4 cm³/mol. The van der Waals surface area contributed by atoms with Crippen molar-refractivity contribution in [3.63, 3.8) is 0 Å². The van der Waals surface area contributed by atoms with Crippen LogP contribution in [-0.2, 0) is 7.05 Å². The summed E-state index contributed by atoms with van der Waals surface area (Å²) >= 11 is 0. The van der Waals surface area contributed by atoms with Crippen LogP contribution in [0, 0.1) is 17.1 Å². The molecule has 5 heteroatoms. The number of rotatable bonds is 4. The Morgan fingerprint density at radius 2 is 2.26 bits per heavy atom. The maximum atomic E-state index is 13.3. The van der Waals surface area contributed by atoms with Crippen molar-refractivity contribution in [3.8, 4) is 11.8 Å². The number of nitriles is 1. The van der Waals surface area contributed by atoms with Gasteiger partial charge in [-0.3, -0.25) is 4.79 Å². The first-order valence-electron chi connectivity index (χ1n) is 5.58. The van der Waals surface area contributed by atoms with Crippen LogP contribution in [-0.4, -0.2) is 17.0 Å². The molecule has 0 spiro atoms. The highest BCUT2D eigenvalue weighted by Gasteiger charge is 2.09. The zero-order valence-electron chi connectivity index (χ0n) is 10.3. The zero-order chi connectivity index (χ0) is 13.8. The quantitative estimate of drug-likeness (QED) is 0.791. The van der Waals surface area contributed by atoms with Gasteiger partial charge in [0.25, 0.3) is 0 Å². The first kappa shape index (κ1) is 12.8. The Bertz CT molecular complexity index is 656. The third-order valence-corrected chi connectivity index (χ3v) is 2.58. The van der Waals surface area contributed by atoms with Crippen LogP contribution in [0.3, 0.4) is 0 Å². The number of hydrogen-bond acceptors (Lipinski definition) is 3. The lowest BCUT2D eigenvalue weighted by Gasteiger charge is -2.05. The van der Waals surface area contributed by atoms with E-state index in [2.05, 4.69) is 0 Å². The Balaban J connectivity index is 2.01. The first-order valence-corrected chi connectivity index (χ1v) is 5.58. The van der Waals surface area contributed by atoms with Gasteiger partial charge in [-0.15, -0.1) is 0 Å². The highest BCUT2D eigenvalue weighted by Crippen LogP contribution is 2.16. The van der Waals surface area contributed by atoms with Gasteiger partial charge in [0.1, 0.15) is 17.6 Å². The fourth-order valence-corrected chi connectivity index (χ4v) is 1.58. The van der Waals surface area contributed by atoms with E-state index in [4.69, 9.17) is 10.00 Å². The smallest absolute Gasteiger partial charge is 0.201 e. The van der Waals surface area contributed by atoms with Crippen LogP contribution < -0.4 is 4.74 Å². The SMILES string of the molecule is Cn1ccc(C(=O)COc2ccc(C#N)c(F)c2)c1. The van der Waals surface area contributed by atoms with Gasteiger partial charge >= 0.3 is 0 Å². The fraction of sp³-hybridized carbons (Fsp3) is 0.143. The largest absolute Gasteiger partial charge is 0.485 e. The van der Waals surface area contributed by atoms with Gasteiger partial charge in [0.05, 0.1) is 5.56 Å². The predicted octanol–water partition coefficient (Wildman–Crippen LogP) is 2.30. The molecule has 96 valence electrons. The van der Waals surface area contributed by atoms with Gasteiger partial charge in [0.15, 0.2) is 6.61 Å². The van der Waals surface area contributed by atoms with Gasteiger partial charge < -0.3 is 9.30 Å². The normalized spacial score (nSPS) is 9.95. The Morgan fingerprint density at radius 3 is 2.84 bits per heavy atom.